The van der Waals surface area contributed by atoms with Crippen molar-refractivity contribution in [3.63, 3.8) is 0 Å². The highest BCUT2D eigenvalue weighted by molar-refractivity contribution is 5.86. The van der Waals surface area contributed by atoms with Gasteiger partial charge in [0.25, 0.3) is 0 Å². The molecule has 3 amide bonds. The SMILES string of the molecule is O=C(O)CNC(=O)CNC(=O)CCCCNC(=O)OCC1c2ccccc2-c2ccccc21. The van der Waals surface area contributed by atoms with Crippen molar-refractivity contribution in [3.05, 3.63) is 59.7 Å². The Bertz CT molecular complexity index is 977. The second-order valence-corrected chi connectivity index (χ2v) is 7.66. The minimum Gasteiger partial charge on any atom is -0.480 e. The van der Waals surface area contributed by atoms with E-state index < -0.39 is 24.5 Å². The zero-order chi connectivity index (χ0) is 23.6. The van der Waals surface area contributed by atoms with Crippen LogP contribution < -0.4 is 16.0 Å². The first-order valence-electron chi connectivity index (χ1n) is 10.8. The van der Waals surface area contributed by atoms with E-state index in [1.807, 2.05) is 24.3 Å². The van der Waals surface area contributed by atoms with Gasteiger partial charge in [-0.1, -0.05) is 48.5 Å². The number of amides is 3. The largest absolute Gasteiger partial charge is 0.480 e. The lowest BCUT2D eigenvalue weighted by Gasteiger charge is -2.14. The number of carboxylic acid groups (broad SMARTS) is 1. The van der Waals surface area contributed by atoms with E-state index in [2.05, 4.69) is 40.2 Å². The van der Waals surface area contributed by atoms with Crippen LogP contribution in [0.3, 0.4) is 0 Å². The summed E-state index contributed by atoms with van der Waals surface area (Å²) in [6.45, 7) is -0.157. The maximum absolute atomic E-state index is 12.1. The number of benzene rings is 2. The third-order valence-corrected chi connectivity index (χ3v) is 5.33. The number of alkyl carbamates (subject to hydrolysis) is 1. The van der Waals surface area contributed by atoms with Gasteiger partial charge in [0, 0.05) is 18.9 Å². The van der Waals surface area contributed by atoms with Crippen molar-refractivity contribution in [2.45, 2.75) is 25.2 Å². The van der Waals surface area contributed by atoms with Gasteiger partial charge >= 0.3 is 12.1 Å². The van der Waals surface area contributed by atoms with Crippen molar-refractivity contribution in [1.29, 1.82) is 0 Å². The average molecular weight is 453 g/mol. The summed E-state index contributed by atoms with van der Waals surface area (Å²) in [7, 11) is 0. The van der Waals surface area contributed by atoms with Crippen molar-refractivity contribution in [2.24, 2.45) is 0 Å². The second kappa shape index (κ2) is 11.7. The first-order valence-corrected chi connectivity index (χ1v) is 10.8. The van der Waals surface area contributed by atoms with Crippen LogP contribution in [0.15, 0.2) is 48.5 Å². The topological polar surface area (TPSA) is 134 Å². The summed E-state index contributed by atoms with van der Waals surface area (Å²) in [6, 6.07) is 16.2. The molecule has 33 heavy (non-hydrogen) atoms. The van der Waals surface area contributed by atoms with Crippen molar-refractivity contribution < 1.29 is 29.0 Å². The normalized spacial score (nSPS) is 11.8. The first kappa shape index (κ1) is 23.8. The summed E-state index contributed by atoms with van der Waals surface area (Å²) >= 11 is 0. The number of carboxylic acids is 1. The highest BCUT2D eigenvalue weighted by Crippen LogP contribution is 2.44. The molecule has 0 heterocycles. The Morgan fingerprint density at radius 2 is 1.39 bits per heavy atom. The van der Waals surface area contributed by atoms with Gasteiger partial charge in [0.2, 0.25) is 11.8 Å². The Hall–Kier alpha value is -3.88. The fourth-order valence-electron chi connectivity index (χ4n) is 3.75. The quantitative estimate of drug-likeness (QED) is 0.385. The van der Waals surface area contributed by atoms with Crippen LogP contribution in [0.4, 0.5) is 4.79 Å². The second-order valence-electron chi connectivity index (χ2n) is 7.66. The van der Waals surface area contributed by atoms with Gasteiger partial charge in [0.15, 0.2) is 0 Å². The van der Waals surface area contributed by atoms with Gasteiger partial charge in [-0.15, -0.1) is 0 Å². The van der Waals surface area contributed by atoms with Crippen LogP contribution in [0.1, 0.15) is 36.3 Å². The van der Waals surface area contributed by atoms with Crippen LogP contribution >= 0.6 is 0 Å². The molecule has 9 heteroatoms. The predicted octanol–water partition coefficient (Wildman–Crippen LogP) is 2.01. The van der Waals surface area contributed by atoms with Crippen LogP contribution in [0.25, 0.3) is 11.1 Å². The number of carbonyl (C=O) groups is 4. The molecule has 0 fully saturated rings. The third kappa shape index (κ3) is 6.80. The van der Waals surface area contributed by atoms with Gasteiger partial charge in [-0.3, -0.25) is 14.4 Å². The molecule has 0 saturated carbocycles. The first-order chi connectivity index (χ1) is 16.0. The third-order valence-electron chi connectivity index (χ3n) is 5.33. The van der Waals surface area contributed by atoms with Crippen molar-refractivity contribution in [3.8, 4) is 11.1 Å². The molecule has 0 aliphatic heterocycles. The summed E-state index contributed by atoms with van der Waals surface area (Å²) < 4.78 is 5.46. The van der Waals surface area contributed by atoms with Crippen molar-refractivity contribution >= 4 is 23.9 Å². The van der Waals surface area contributed by atoms with Crippen LogP contribution in [0.2, 0.25) is 0 Å². The molecule has 1 aliphatic rings. The van der Waals surface area contributed by atoms with Crippen LogP contribution in [-0.2, 0) is 19.1 Å². The highest BCUT2D eigenvalue weighted by atomic mass is 16.5. The number of nitrogens with one attached hydrogen (secondary N) is 3. The predicted molar refractivity (Wildman–Crippen MR) is 121 cm³/mol. The van der Waals surface area contributed by atoms with Crippen molar-refractivity contribution in [2.75, 3.05) is 26.2 Å². The monoisotopic (exact) mass is 453 g/mol. The van der Waals surface area contributed by atoms with Gasteiger partial charge in [0.05, 0.1) is 6.54 Å². The molecule has 0 bridgehead atoms. The summed E-state index contributed by atoms with van der Waals surface area (Å²) in [5.41, 5.74) is 4.63. The number of ether oxygens (including phenoxy) is 1. The number of fused-ring (bicyclic) bond motifs is 3. The molecule has 0 spiro atoms. The molecule has 3 rings (SSSR count). The van der Waals surface area contributed by atoms with Gasteiger partial charge in [-0.25, -0.2) is 4.79 Å². The van der Waals surface area contributed by atoms with Crippen LogP contribution in [0, 0.1) is 0 Å². The molecule has 2 aromatic carbocycles. The summed E-state index contributed by atoms with van der Waals surface area (Å²) in [6.07, 6.45) is 0.782. The molecule has 0 radical (unpaired) electrons. The molecule has 0 saturated heterocycles. The minimum absolute atomic E-state index is 0.000422. The van der Waals surface area contributed by atoms with E-state index in [0.29, 0.717) is 19.4 Å². The molecule has 4 N–H and O–H groups in total. The van der Waals surface area contributed by atoms with E-state index in [0.717, 1.165) is 11.1 Å². The standard InChI is InChI=1S/C24H27N3O6/c28-21(26-13-22(29)27-14-23(30)31)11-5-6-12-25-24(32)33-15-20-18-9-3-1-7-16(18)17-8-2-4-10-19(17)20/h1-4,7-10,20H,5-6,11-15H2,(H,25,32)(H,26,28)(H,27,29)(H,30,31). The smallest absolute Gasteiger partial charge is 0.407 e. The number of unbranched alkanes of at least 4 members (excludes halogenated alkanes) is 1. The summed E-state index contributed by atoms with van der Waals surface area (Å²) in [5.74, 6) is -2.04. The van der Waals surface area contributed by atoms with E-state index in [4.69, 9.17) is 9.84 Å². The number of carbonyl (C=O) groups excluding carboxylic acids is 3. The number of hydrogen-bond acceptors (Lipinski definition) is 5. The number of rotatable bonds is 11. The van der Waals surface area contributed by atoms with E-state index in [1.54, 1.807) is 0 Å². The lowest BCUT2D eigenvalue weighted by molar-refractivity contribution is -0.137. The molecule has 0 atom stereocenters. The van der Waals surface area contributed by atoms with E-state index >= 15 is 0 Å². The fraction of sp³-hybridized carbons (Fsp3) is 0.333. The molecule has 0 aromatic heterocycles. The van der Waals surface area contributed by atoms with Gasteiger partial charge in [0.1, 0.15) is 13.2 Å². The zero-order valence-corrected chi connectivity index (χ0v) is 18.1. The molecular formula is C24H27N3O6. The molecule has 1 aliphatic carbocycles. The highest BCUT2D eigenvalue weighted by Gasteiger charge is 2.28. The van der Waals surface area contributed by atoms with E-state index in [-0.39, 0.29) is 31.4 Å². The Kier molecular flexibility index (Phi) is 8.40. The Morgan fingerprint density at radius 1 is 0.788 bits per heavy atom. The number of hydrogen-bond donors (Lipinski definition) is 4. The molecular weight excluding hydrogens is 426 g/mol. The maximum Gasteiger partial charge on any atom is 0.407 e. The van der Waals surface area contributed by atoms with E-state index in [1.165, 1.54) is 11.1 Å². The Labute approximate surface area is 191 Å². The van der Waals surface area contributed by atoms with Crippen molar-refractivity contribution in [1.82, 2.24) is 16.0 Å². The van der Waals surface area contributed by atoms with Gasteiger partial charge in [-0.2, -0.15) is 0 Å². The molecule has 174 valence electrons. The van der Waals surface area contributed by atoms with Gasteiger partial charge in [-0.05, 0) is 35.1 Å². The average Bonchev–Trinajstić information content (AvgIpc) is 3.13. The van der Waals surface area contributed by atoms with Crippen LogP contribution in [0.5, 0.6) is 0 Å². The summed E-state index contributed by atoms with van der Waals surface area (Å²) in [4.78, 5) is 45.5. The minimum atomic E-state index is -1.15. The lowest BCUT2D eigenvalue weighted by atomic mass is 9.98. The fourth-order valence-corrected chi connectivity index (χ4v) is 3.75. The number of aliphatic carboxylic acids is 1. The molecule has 2 aromatic rings. The van der Waals surface area contributed by atoms with Gasteiger partial charge < -0.3 is 25.8 Å². The summed E-state index contributed by atoms with van der Waals surface area (Å²) in [5, 5.41) is 15.7. The van der Waals surface area contributed by atoms with E-state index in [9.17, 15) is 19.2 Å². The lowest BCUT2D eigenvalue weighted by Crippen LogP contribution is -2.38. The zero-order valence-electron chi connectivity index (χ0n) is 18.1. The maximum atomic E-state index is 12.1. The molecule has 9 nitrogen and oxygen atoms in total. The Morgan fingerprint density at radius 3 is 2.03 bits per heavy atom. The Balaban J connectivity index is 1.31. The van der Waals surface area contributed by atoms with Crippen LogP contribution in [-0.4, -0.2) is 55.2 Å². The molecule has 0 unspecified atom stereocenters.